The maximum atomic E-state index is 13.0. The number of aliphatic hydroxyl groups excluding tert-OH is 6. The Bertz CT molecular complexity index is 850. The van der Waals surface area contributed by atoms with Crippen molar-refractivity contribution in [3.63, 3.8) is 0 Å². The average Bonchev–Trinajstić information content (AvgIpc) is 2.85. The van der Waals surface area contributed by atoms with E-state index in [9.17, 15) is 40.5 Å². The van der Waals surface area contributed by atoms with Crippen LogP contribution in [0.1, 0.15) is 36.5 Å². The Morgan fingerprint density at radius 2 is 1.97 bits per heavy atom. The third-order valence-electron chi connectivity index (χ3n) is 6.18. The molecule has 1 aliphatic carbocycles. The Hall–Kier alpha value is -1.39. The summed E-state index contributed by atoms with van der Waals surface area (Å²) in [6.45, 7) is 0.656. The molecule has 198 valence electrons. The minimum absolute atomic E-state index is 0.242. The first kappa shape index (κ1) is 28.2. The molecule has 1 saturated carbocycles. The first-order valence-corrected chi connectivity index (χ1v) is 12.5. The summed E-state index contributed by atoms with van der Waals surface area (Å²) in [5.41, 5.74) is -1.49. The number of ether oxygens (including phenoxy) is 2. The predicted molar refractivity (Wildman–Crippen MR) is 122 cm³/mol. The molecule has 9 atom stereocenters. The summed E-state index contributed by atoms with van der Waals surface area (Å²) in [7, 11) is 0. The van der Waals surface area contributed by atoms with Gasteiger partial charge in [0.25, 0.3) is 5.91 Å². The molecule has 1 aliphatic heterocycles. The molecule has 2 fully saturated rings. The first-order chi connectivity index (χ1) is 16.6. The summed E-state index contributed by atoms with van der Waals surface area (Å²) >= 11 is 1.48. The number of rotatable bonds is 9. The second-order valence-electron chi connectivity index (χ2n) is 8.96. The van der Waals surface area contributed by atoms with Crippen molar-refractivity contribution in [3.05, 3.63) is 23.9 Å². The summed E-state index contributed by atoms with van der Waals surface area (Å²) in [5.74, 6) is 0.200. The number of aliphatic hydroxyl groups is 7. The summed E-state index contributed by atoms with van der Waals surface area (Å²) in [4.78, 5) is 17.2. The molecular weight excluding hydrogens is 484 g/mol. The van der Waals surface area contributed by atoms with Gasteiger partial charge >= 0.3 is 0 Å². The Balaban J connectivity index is 1.81. The molecule has 12 nitrogen and oxygen atoms in total. The van der Waals surface area contributed by atoms with Gasteiger partial charge in [0.2, 0.25) is 0 Å². The van der Waals surface area contributed by atoms with Crippen molar-refractivity contribution >= 4 is 17.7 Å². The topological polar surface area (TPSA) is 202 Å². The highest BCUT2D eigenvalue weighted by molar-refractivity contribution is 7.99. The third kappa shape index (κ3) is 6.68. The van der Waals surface area contributed by atoms with Crippen LogP contribution in [0.15, 0.2) is 23.4 Å². The summed E-state index contributed by atoms with van der Waals surface area (Å²) in [6, 6.07) is 1.72. The van der Waals surface area contributed by atoms with Crippen LogP contribution in [-0.2, 0) is 9.47 Å². The lowest BCUT2D eigenvalue weighted by molar-refractivity contribution is -0.302. The molecule has 35 heavy (non-hydrogen) atoms. The molecule has 0 radical (unpaired) electrons. The number of carbonyl (C=O) groups excluding carboxylic acids is 1. The molecule has 1 aromatic rings. The standard InChI is InChI=1S/C22H34N2O10S/c1-2-5-35-15-6-11(3-4-23-15)20(31)24-16-19(30)18(29)14(9-25)34-21(16)33-13-8-22(32,10-26)7-12(27)17(13)28/h3-4,6,12-14,16-19,21,25-30,32H,2,5,7-10H2,1H3,(H,24,31)/t12-,13-,14-,16-,17-,18-,19-,21+,22+/m1/s1. The fraction of sp³-hybridized carbons (Fsp3) is 0.727. The lowest BCUT2D eigenvalue weighted by Gasteiger charge is -2.46. The molecule has 1 aromatic heterocycles. The van der Waals surface area contributed by atoms with Crippen LogP contribution in [0.2, 0.25) is 0 Å². The number of aromatic nitrogens is 1. The molecule has 2 aliphatic rings. The van der Waals surface area contributed by atoms with Gasteiger partial charge in [0.15, 0.2) is 6.29 Å². The van der Waals surface area contributed by atoms with Gasteiger partial charge in [-0.05, 0) is 24.3 Å². The van der Waals surface area contributed by atoms with Gasteiger partial charge in [0.1, 0.15) is 30.5 Å². The maximum absolute atomic E-state index is 13.0. The minimum atomic E-state index is -1.73. The van der Waals surface area contributed by atoms with E-state index in [-0.39, 0.29) is 18.4 Å². The van der Waals surface area contributed by atoms with Crippen LogP contribution in [0.4, 0.5) is 0 Å². The zero-order chi connectivity index (χ0) is 25.8. The van der Waals surface area contributed by atoms with E-state index in [0.29, 0.717) is 5.03 Å². The molecule has 0 unspecified atom stereocenters. The van der Waals surface area contributed by atoms with Gasteiger partial charge in [0.05, 0.1) is 36.0 Å². The van der Waals surface area contributed by atoms with Gasteiger partial charge in [-0.15, -0.1) is 11.8 Å². The van der Waals surface area contributed by atoms with Crippen molar-refractivity contribution in [1.29, 1.82) is 0 Å². The molecule has 2 heterocycles. The lowest BCUT2D eigenvalue weighted by Crippen LogP contribution is -2.66. The Labute approximate surface area is 206 Å². The number of hydrogen-bond acceptors (Lipinski definition) is 12. The molecule has 0 spiro atoms. The number of amides is 1. The van der Waals surface area contributed by atoms with Crippen LogP contribution >= 0.6 is 11.8 Å². The first-order valence-electron chi connectivity index (χ1n) is 11.5. The fourth-order valence-corrected chi connectivity index (χ4v) is 4.95. The van der Waals surface area contributed by atoms with Gasteiger partial charge < -0.3 is 50.5 Å². The molecule has 3 rings (SSSR count). The normalized spacial score (nSPS) is 37.7. The number of hydrogen-bond donors (Lipinski definition) is 8. The highest BCUT2D eigenvalue weighted by atomic mass is 32.2. The highest BCUT2D eigenvalue weighted by Crippen LogP contribution is 2.33. The van der Waals surface area contributed by atoms with Crippen LogP contribution in [-0.4, -0.2) is 120 Å². The van der Waals surface area contributed by atoms with E-state index in [1.165, 1.54) is 24.0 Å². The SMILES string of the molecule is CCCSc1cc(C(=O)N[C@H]2[C@@H](O[C@@H]3C[C@](O)(CO)C[C@@H](O)[C@H]3O)O[C@H](CO)[C@@H](O)[C@@H]2O)ccn1. The van der Waals surface area contributed by atoms with Crippen molar-refractivity contribution in [3.8, 4) is 0 Å². The summed E-state index contributed by atoms with van der Waals surface area (Å²) < 4.78 is 11.4. The van der Waals surface area contributed by atoms with Crippen molar-refractivity contribution in [2.24, 2.45) is 0 Å². The Morgan fingerprint density at radius 1 is 1.23 bits per heavy atom. The quantitative estimate of drug-likeness (QED) is 0.163. The van der Waals surface area contributed by atoms with Crippen LogP contribution in [0.25, 0.3) is 0 Å². The van der Waals surface area contributed by atoms with Crippen LogP contribution < -0.4 is 5.32 Å². The van der Waals surface area contributed by atoms with E-state index in [1.54, 1.807) is 6.07 Å². The Kier molecular flexibility index (Phi) is 9.85. The van der Waals surface area contributed by atoms with E-state index < -0.39 is 73.7 Å². The maximum Gasteiger partial charge on any atom is 0.251 e. The smallest absolute Gasteiger partial charge is 0.251 e. The zero-order valence-corrected chi connectivity index (χ0v) is 20.1. The monoisotopic (exact) mass is 518 g/mol. The number of thioether (sulfide) groups is 1. The van der Waals surface area contributed by atoms with E-state index in [2.05, 4.69) is 10.3 Å². The van der Waals surface area contributed by atoms with Crippen LogP contribution in [0.5, 0.6) is 0 Å². The van der Waals surface area contributed by atoms with Gasteiger partial charge in [-0.3, -0.25) is 4.79 Å². The molecule has 1 saturated heterocycles. The molecule has 0 aromatic carbocycles. The van der Waals surface area contributed by atoms with Crippen molar-refractivity contribution < 1.29 is 50.0 Å². The summed E-state index contributed by atoms with van der Waals surface area (Å²) in [6.07, 6.45) is -8.20. The van der Waals surface area contributed by atoms with Crippen LogP contribution in [0.3, 0.4) is 0 Å². The van der Waals surface area contributed by atoms with Gasteiger partial charge in [-0.25, -0.2) is 4.98 Å². The lowest BCUT2D eigenvalue weighted by atomic mass is 9.80. The molecule has 0 bridgehead atoms. The van der Waals surface area contributed by atoms with E-state index in [0.717, 1.165) is 12.2 Å². The fourth-order valence-electron chi connectivity index (χ4n) is 4.19. The number of nitrogens with one attached hydrogen (secondary N) is 1. The van der Waals surface area contributed by atoms with Gasteiger partial charge in [-0.1, -0.05) is 6.92 Å². The van der Waals surface area contributed by atoms with Crippen molar-refractivity contribution in [2.45, 2.75) is 85.8 Å². The number of carbonyl (C=O) groups is 1. The van der Waals surface area contributed by atoms with Crippen molar-refractivity contribution in [2.75, 3.05) is 19.0 Å². The third-order valence-corrected chi connectivity index (χ3v) is 7.31. The van der Waals surface area contributed by atoms with E-state index in [4.69, 9.17) is 9.47 Å². The number of nitrogens with zero attached hydrogens (tertiary/aromatic N) is 1. The highest BCUT2D eigenvalue weighted by Gasteiger charge is 2.50. The van der Waals surface area contributed by atoms with Crippen molar-refractivity contribution in [1.82, 2.24) is 10.3 Å². The molecular formula is C22H34N2O10S. The molecule has 13 heteroatoms. The second kappa shape index (κ2) is 12.2. The predicted octanol–water partition coefficient (Wildman–Crippen LogP) is -2.25. The summed E-state index contributed by atoms with van der Waals surface area (Å²) in [5, 5.41) is 74.3. The van der Waals surface area contributed by atoms with Gasteiger partial charge in [0, 0.05) is 24.6 Å². The average molecular weight is 519 g/mol. The largest absolute Gasteiger partial charge is 0.394 e. The van der Waals surface area contributed by atoms with Gasteiger partial charge in [-0.2, -0.15) is 0 Å². The minimum Gasteiger partial charge on any atom is -0.394 e. The number of pyridine rings is 1. The molecule has 1 amide bonds. The van der Waals surface area contributed by atoms with E-state index >= 15 is 0 Å². The van der Waals surface area contributed by atoms with Crippen LogP contribution in [0, 0.1) is 0 Å². The van der Waals surface area contributed by atoms with E-state index in [1.807, 2.05) is 6.92 Å². The second-order valence-corrected chi connectivity index (χ2v) is 10.1. The molecule has 8 N–H and O–H groups in total. The zero-order valence-electron chi connectivity index (χ0n) is 19.3. The Morgan fingerprint density at radius 3 is 2.63 bits per heavy atom.